The van der Waals surface area contributed by atoms with Crippen molar-refractivity contribution in [2.75, 3.05) is 26.3 Å². The minimum Gasteiger partial charge on any atom is -0.379 e. The summed E-state index contributed by atoms with van der Waals surface area (Å²) in [7, 11) is 0. The third kappa shape index (κ3) is 15.2. The van der Waals surface area contributed by atoms with Gasteiger partial charge in [0.2, 0.25) is 11.8 Å². The van der Waals surface area contributed by atoms with Crippen LogP contribution in [0.3, 0.4) is 0 Å². The van der Waals surface area contributed by atoms with Crippen LogP contribution in [-0.4, -0.2) is 44.2 Å². The van der Waals surface area contributed by atoms with E-state index < -0.39 is 0 Å². The molecule has 0 unspecified atom stereocenters. The van der Waals surface area contributed by atoms with E-state index in [0.29, 0.717) is 25.8 Å². The van der Waals surface area contributed by atoms with E-state index in [9.17, 15) is 14.1 Å². The van der Waals surface area contributed by atoms with E-state index in [4.69, 9.17) is 4.74 Å². The number of amides is 2. The molecule has 2 N–H and O–H groups in total. The molecule has 22 heavy (non-hydrogen) atoms. The summed E-state index contributed by atoms with van der Waals surface area (Å²) in [4.78, 5) is 26.4. The highest BCUT2D eigenvalue weighted by Gasteiger charge is 2.05. The minimum absolute atomic E-state index is 0.0189. The topological polar surface area (TPSA) is 76.7 Å². The molecule has 0 fully saturated rings. The van der Waals surface area contributed by atoms with E-state index >= 15 is 0 Å². The van der Waals surface area contributed by atoms with Crippen LogP contribution < -0.4 is 10.6 Å². The first kappa shape index (κ1) is 20.8. The lowest BCUT2D eigenvalue weighted by molar-refractivity contribution is -0.133. The molecule has 0 aliphatic carbocycles. The Balaban J connectivity index is 3.39. The number of halogens is 1. The van der Waals surface area contributed by atoms with Crippen LogP contribution in [0, 0.1) is 0 Å². The van der Waals surface area contributed by atoms with Gasteiger partial charge in [-0.25, -0.2) is 0 Å². The Labute approximate surface area is 132 Å². The second-order valence-corrected chi connectivity index (χ2v) is 5.38. The van der Waals surface area contributed by atoms with Crippen LogP contribution in [0.15, 0.2) is 0 Å². The molecule has 130 valence electrons. The maximum Gasteiger partial charge on any atom is 0.239 e. The Morgan fingerprint density at radius 2 is 1.68 bits per heavy atom. The fourth-order valence-corrected chi connectivity index (χ4v) is 1.72. The van der Waals surface area contributed by atoms with Crippen LogP contribution >= 0.6 is 0 Å². The van der Waals surface area contributed by atoms with Crippen molar-refractivity contribution in [3.8, 4) is 0 Å². The highest BCUT2D eigenvalue weighted by Crippen LogP contribution is 2.01. The van der Waals surface area contributed by atoms with Crippen molar-refractivity contribution in [1.29, 1.82) is 0 Å². The number of carbonyl (C=O) groups excluding carboxylic acids is 2. The SMILES string of the molecule is CC(C)OCCCCCC(=O)NCC(=O)NCCCCOF. The van der Waals surface area contributed by atoms with Gasteiger partial charge in [0.15, 0.2) is 0 Å². The lowest BCUT2D eigenvalue weighted by atomic mass is 10.2. The van der Waals surface area contributed by atoms with Crippen LogP contribution in [0.25, 0.3) is 0 Å². The summed E-state index contributed by atoms with van der Waals surface area (Å²) in [6, 6.07) is 0. The quantitative estimate of drug-likeness (QED) is 0.479. The smallest absolute Gasteiger partial charge is 0.239 e. The van der Waals surface area contributed by atoms with Crippen molar-refractivity contribution in [3.63, 3.8) is 0 Å². The zero-order valence-corrected chi connectivity index (χ0v) is 13.7. The maximum atomic E-state index is 11.5. The molecular weight excluding hydrogens is 291 g/mol. The lowest BCUT2D eigenvalue weighted by Gasteiger charge is -2.08. The number of carbonyl (C=O) groups is 2. The van der Waals surface area contributed by atoms with E-state index in [1.807, 2.05) is 13.8 Å². The first-order valence-electron chi connectivity index (χ1n) is 7.94. The molecule has 0 saturated heterocycles. The van der Waals surface area contributed by atoms with Gasteiger partial charge in [-0.1, -0.05) is 6.42 Å². The fourth-order valence-electron chi connectivity index (χ4n) is 1.72. The molecular formula is C15H29FN2O4. The second kappa shape index (κ2) is 14.7. The third-order valence-electron chi connectivity index (χ3n) is 2.92. The van der Waals surface area contributed by atoms with E-state index in [2.05, 4.69) is 15.6 Å². The van der Waals surface area contributed by atoms with Crippen molar-refractivity contribution in [2.45, 2.75) is 58.5 Å². The van der Waals surface area contributed by atoms with Gasteiger partial charge in [0.25, 0.3) is 0 Å². The van der Waals surface area contributed by atoms with E-state index in [-0.39, 0.29) is 31.1 Å². The molecule has 0 aromatic carbocycles. The molecule has 0 heterocycles. The highest BCUT2D eigenvalue weighted by molar-refractivity contribution is 5.84. The highest BCUT2D eigenvalue weighted by atomic mass is 19.3. The molecule has 2 amide bonds. The van der Waals surface area contributed by atoms with E-state index in [1.54, 1.807) is 0 Å². The molecule has 0 radical (unpaired) electrons. The molecule has 0 bridgehead atoms. The normalized spacial score (nSPS) is 10.7. The molecule has 0 saturated carbocycles. The summed E-state index contributed by atoms with van der Waals surface area (Å²) in [6.07, 6.45) is 4.51. The van der Waals surface area contributed by atoms with Crippen molar-refractivity contribution in [2.24, 2.45) is 0 Å². The number of unbranched alkanes of at least 4 members (excludes halogenated alkanes) is 3. The Kier molecular flexibility index (Phi) is 13.9. The zero-order chi connectivity index (χ0) is 16.6. The lowest BCUT2D eigenvalue weighted by Crippen LogP contribution is -2.37. The Morgan fingerprint density at radius 3 is 2.36 bits per heavy atom. The number of hydrogen-bond donors (Lipinski definition) is 2. The Hall–Kier alpha value is -1.21. The summed E-state index contributed by atoms with van der Waals surface area (Å²) in [5.41, 5.74) is 0. The molecule has 0 rings (SSSR count). The summed E-state index contributed by atoms with van der Waals surface area (Å²) in [6.45, 7) is 5.17. The number of hydrogen-bond acceptors (Lipinski definition) is 4. The predicted molar refractivity (Wildman–Crippen MR) is 81.9 cm³/mol. The van der Waals surface area contributed by atoms with Gasteiger partial charge in [0.05, 0.1) is 19.3 Å². The second-order valence-electron chi connectivity index (χ2n) is 5.38. The standard InChI is InChI=1S/C15H29FN2O4/c1-13(2)21-10-6-3-4-8-14(19)18-12-15(20)17-9-5-7-11-22-16/h13H,3-12H2,1-2H3,(H,17,20)(H,18,19). The van der Waals surface area contributed by atoms with Crippen LogP contribution in [0.2, 0.25) is 0 Å². The van der Waals surface area contributed by atoms with Crippen LogP contribution in [0.4, 0.5) is 4.53 Å². The van der Waals surface area contributed by atoms with Crippen LogP contribution in [0.5, 0.6) is 0 Å². The van der Waals surface area contributed by atoms with Crippen LogP contribution in [-0.2, 0) is 19.3 Å². The molecule has 7 heteroatoms. The van der Waals surface area contributed by atoms with Gasteiger partial charge in [-0.3, -0.25) is 9.59 Å². The Bertz CT molecular complexity index is 301. The van der Waals surface area contributed by atoms with Crippen molar-refractivity contribution < 1.29 is 23.8 Å². The minimum atomic E-state index is -0.236. The van der Waals surface area contributed by atoms with Crippen molar-refractivity contribution in [3.05, 3.63) is 0 Å². The van der Waals surface area contributed by atoms with Crippen molar-refractivity contribution in [1.82, 2.24) is 10.6 Å². The average Bonchev–Trinajstić information content (AvgIpc) is 2.48. The van der Waals surface area contributed by atoms with E-state index in [0.717, 1.165) is 25.9 Å². The van der Waals surface area contributed by atoms with Gasteiger partial charge in [0.1, 0.15) is 0 Å². The summed E-state index contributed by atoms with van der Waals surface area (Å²) in [5.74, 6) is -0.356. The molecule has 0 aliphatic rings. The van der Waals surface area contributed by atoms with Gasteiger partial charge in [-0.2, -0.15) is 4.94 Å². The summed E-state index contributed by atoms with van der Waals surface area (Å²) in [5, 5.41) is 5.22. The Morgan fingerprint density at radius 1 is 0.955 bits per heavy atom. The zero-order valence-electron chi connectivity index (χ0n) is 13.7. The van der Waals surface area contributed by atoms with Gasteiger partial charge in [-0.15, -0.1) is 0 Å². The monoisotopic (exact) mass is 320 g/mol. The summed E-state index contributed by atoms with van der Waals surface area (Å²) < 4.78 is 16.8. The molecule has 0 aromatic heterocycles. The average molecular weight is 320 g/mol. The molecule has 0 spiro atoms. The largest absolute Gasteiger partial charge is 0.379 e. The van der Waals surface area contributed by atoms with E-state index in [1.165, 1.54) is 0 Å². The third-order valence-corrected chi connectivity index (χ3v) is 2.92. The number of rotatable bonds is 14. The fraction of sp³-hybridized carbons (Fsp3) is 0.867. The molecule has 6 nitrogen and oxygen atoms in total. The van der Waals surface area contributed by atoms with Gasteiger partial charge in [-0.05, 0) is 44.1 Å². The molecule has 0 aliphatic heterocycles. The van der Waals surface area contributed by atoms with Crippen LogP contribution in [0.1, 0.15) is 52.4 Å². The summed E-state index contributed by atoms with van der Waals surface area (Å²) >= 11 is 0. The number of nitrogens with one attached hydrogen (secondary N) is 2. The number of ether oxygens (including phenoxy) is 1. The first-order valence-corrected chi connectivity index (χ1v) is 7.94. The predicted octanol–water partition coefficient (Wildman–Crippen LogP) is 1.89. The van der Waals surface area contributed by atoms with Gasteiger partial charge in [0, 0.05) is 19.6 Å². The van der Waals surface area contributed by atoms with Gasteiger partial charge >= 0.3 is 0 Å². The first-order chi connectivity index (χ1) is 10.6. The molecule has 0 atom stereocenters. The van der Waals surface area contributed by atoms with Crippen molar-refractivity contribution >= 4 is 11.8 Å². The maximum absolute atomic E-state index is 11.5. The van der Waals surface area contributed by atoms with Gasteiger partial charge < -0.3 is 15.4 Å². The molecule has 0 aromatic rings.